The van der Waals surface area contributed by atoms with Crippen molar-refractivity contribution in [1.29, 1.82) is 0 Å². The third-order valence-electron chi connectivity index (χ3n) is 3.83. The largest absolute Gasteiger partial charge is 0.337 e. The molecule has 0 aromatic rings. The van der Waals surface area contributed by atoms with Crippen LogP contribution in [0.1, 0.15) is 46.5 Å². The quantitative estimate of drug-likeness (QED) is 0.746. The predicted octanol–water partition coefficient (Wildman–Crippen LogP) is 2.62. The monoisotopic (exact) mass is 212 g/mol. The zero-order chi connectivity index (χ0) is 11.3. The van der Waals surface area contributed by atoms with E-state index in [1.165, 1.54) is 25.7 Å². The van der Waals surface area contributed by atoms with Crippen molar-refractivity contribution in [3.63, 3.8) is 0 Å². The molecule has 0 aromatic carbocycles. The second kappa shape index (κ2) is 5.38. The zero-order valence-corrected chi connectivity index (χ0v) is 10.3. The molecule has 1 fully saturated rings. The highest BCUT2D eigenvalue weighted by molar-refractivity contribution is 5.74. The molecular formula is C12H24N2O. The number of hydrogen-bond acceptors (Lipinski definition) is 1. The summed E-state index contributed by atoms with van der Waals surface area (Å²) in [6, 6.07) is 0.0970. The number of carbonyl (C=O) groups is 1. The van der Waals surface area contributed by atoms with E-state index in [1.54, 1.807) is 0 Å². The lowest BCUT2D eigenvalue weighted by molar-refractivity contribution is 0.121. The van der Waals surface area contributed by atoms with Gasteiger partial charge in [-0.1, -0.05) is 13.3 Å². The Morgan fingerprint density at radius 3 is 2.20 bits per heavy atom. The van der Waals surface area contributed by atoms with Crippen molar-refractivity contribution in [1.82, 2.24) is 10.2 Å². The smallest absolute Gasteiger partial charge is 0.317 e. The molecule has 0 heterocycles. The SMILES string of the molecule is CCN(CC)C(=O)NCC1(CC)CCC1. The van der Waals surface area contributed by atoms with E-state index in [0.29, 0.717) is 5.41 Å². The molecule has 0 atom stereocenters. The molecule has 1 N–H and O–H groups in total. The van der Waals surface area contributed by atoms with E-state index in [1.807, 2.05) is 18.7 Å². The van der Waals surface area contributed by atoms with Gasteiger partial charge in [0.15, 0.2) is 0 Å². The van der Waals surface area contributed by atoms with Crippen molar-refractivity contribution in [3.8, 4) is 0 Å². The van der Waals surface area contributed by atoms with Crippen LogP contribution in [0.15, 0.2) is 0 Å². The minimum Gasteiger partial charge on any atom is -0.337 e. The van der Waals surface area contributed by atoms with E-state index in [4.69, 9.17) is 0 Å². The summed E-state index contributed by atoms with van der Waals surface area (Å²) < 4.78 is 0. The summed E-state index contributed by atoms with van der Waals surface area (Å²) in [6.07, 6.45) is 5.07. The maximum Gasteiger partial charge on any atom is 0.317 e. The van der Waals surface area contributed by atoms with E-state index in [-0.39, 0.29) is 6.03 Å². The van der Waals surface area contributed by atoms with Gasteiger partial charge in [-0.3, -0.25) is 0 Å². The Hall–Kier alpha value is -0.730. The fraction of sp³-hybridized carbons (Fsp3) is 0.917. The molecule has 15 heavy (non-hydrogen) atoms. The minimum atomic E-state index is 0.0970. The van der Waals surface area contributed by atoms with Gasteiger partial charge in [0.25, 0.3) is 0 Å². The second-order valence-corrected chi connectivity index (χ2v) is 4.54. The molecule has 3 heteroatoms. The standard InChI is InChI=1S/C12H24N2O/c1-4-12(8-7-9-12)10-13-11(15)14(5-2)6-3/h4-10H2,1-3H3,(H,13,15). The van der Waals surface area contributed by atoms with Crippen molar-refractivity contribution in [2.45, 2.75) is 46.5 Å². The number of urea groups is 1. The number of nitrogens with zero attached hydrogens (tertiary/aromatic N) is 1. The Morgan fingerprint density at radius 1 is 1.27 bits per heavy atom. The van der Waals surface area contributed by atoms with Gasteiger partial charge in [-0.2, -0.15) is 0 Å². The molecular weight excluding hydrogens is 188 g/mol. The van der Waals surface area contributed by atoms with E-state index in [2.05, 4.69) is 12.2 Å². The molecule has 2 amide bonds. The summed E-state index contributed by atoms with van der Waals surface area (Å²) in [6.45, 7) is 8.70. The van der Waals surface area contributed by atoms with Crippen molar-refractivity contribution < 1.29 is 4.79 Å². The van der Waals surface area contributed by atoms with Crippen molar-refractivity contribution >= 4 is 6.03 Å². The van der Waals surface area contributed by atoms with Gasteiger partial charge in [-0.15, -0.1) is 0 Å². The third kappa shape index (κ3) is 2.86. The number of hydrogen-bond donors (Lipinski definition) is 1. The first-order chi connectivity index (χ1) is 7.17. The molecule has 1 saturated carbocycles. The number of nitrogens with one attached hydrogen (secondary N) is 1. The first kappa shape index (κ1) is 12.3. The van der Waals surface area contributed by atoms with Gasteiger partial charge in [0, 0.05) is 19.6 Å². The summed E-state index contributed by atoms with van der Waals surface area (Å²) in [5.74, 6) is 0. The fourth-order valence-electron chi connectivity index (χ4n) is 2.22. The Morgan fingerprint density at radius 2 is 1.87 bits per heavy atom. The van der Waals surface area contributed by atoms with Gasteiger partial charge in [0.05, 0.1) is 0 Å². The van der Waals surface area contributed by atoms with Crippen LogP contribution in [-0.2, 0) is 0 Å². The van der Waals surface area contributed by atoms with Crippen molar-refractivity contribution in [3.05, 3.63) is 0 Å². The second-order valence-electron chi connectivity index (χ2n) is 4.54. The molecule has 88 valence electrons. The Balaban J connectivity index is 2.32. The third-order valence-corrected chi connectivity index (χ3v) is 3.83. The molecule has 1 aliphatic carbocycles. The van der Waals surface area contributed by atoms with Crippen molar-refractivity contribution in [2.75, 3.05) is 19.6 Å². The van der Waals surface area contributed by atoms with Crippen LogP contribution in [0, 0.1) is 5.41 Å². The van der Waals surface area contributed by atoms with Crippen LogP contribution in [0.25, 0.3) is 0 Å². The van der Waals surface area contributed by atoms with E-state index in [0.717, 1.165) is 19.6 Å². The van der Waals surface area contributed by atoms with Crippen LogP contribution in [-0.4, -0.2) is 30.6 Å². The summed E-state index contributed by atoms with van der Waals surface area (Å²) in [5, 5.41) is 3.07. The lowest BCUT2D eigenvalue weighted by atomic mass is 9.67. The van der Waals surface area contributed by atoms with Gasteiger partial charge in [-0.25, -0.2) is 4.79 Å². The zero-order valence-electron chi connectivity index (χ0n) is 10.3. The van der Waals surface area contributed by atoms with Crippen LogP contribution in [0.3, 0.4) is 0 Å². The normalized spacial score (nSPS) is 18.1. The predicted molar refractivity (Wildman–Crippen MR) is 62.9 cm³/mol. The Kier molecular flexibility index (Phi) is 4.43. The average molecular weight is 212 g/mol. The molecule has 0 aliphatic heterocycles. The highest BCUT2D eigenvalue weighted by Gasteiger charge is 2.35. The highest BCUT2D eigenvalue weighted by atomic mass is 16.2. The molecule has 0 spiro atoms. The lowest BCUT2D eigenvalue weighted by Gasteiger charge is -2.41. The number of amides is 2. The summed E-state index contributed by atoms with van der Waals surface area (Å²) >= 11 is 0. The van der Waals surface area contributed by atoms with E-state index >= 15 is 0 Å². The van der Waals surface area contributed by atoms with Gasteiger partial charge in [0.1, 0.15) is 0 Å². The molecule has 1 aliphatic rings. The van der Waals surface area contributed by atoms with Crippen LogP contribution >= 0.6 is 0 Å². The van der Waals surface area contributed by atoms with Gasteiger partial charge < -0.3 is 10.2 Å². The molecule has 3 nitrogen and oxygen atoms in total. The number of rotatable bonds is 5. The van der Waals surface area contributed by atoms with Gasteiger partial charge in [0.2, 0.25) is 0 Å². The van der Waals surface area contributed by atoms with Crippen LogP contribution < -0.4 is 5.32 Å². The fourth-order valence-corrected chi connectivity index (χ4v) is 2.22. The summed E-state index contributed by atoms with van der Waals surface area (Å²) in [4.78, 5) is 13.6. The highest BCUT2D eigenvalue weighted by Crippen LogP contribution is 2.42. The maximum atomic E-state index is 11.7. The summed E-state index contributed by atoms with van der Waals surface area (Å²) in [5.41, 5.74) is 0.419. The van der Waals surface area contributed by atoms with Crippen LogP contribution in [0.5, 0.6) is 0 Å². The minimum absolute atomic E-state index is 0.0970. The Labute approximate surface area is 93.2 Å². The first-order valence-electron chi connectivity index (χ1n) is 6.20. The molecule has 0 unspecified atom stereocenters. The van der Waals surface area contributed by atoms with Crippen molar-refractivity contribution in [2.24, 2.45) is 5.41 Å². The van der Waals surface area contributed by atoms with E-state index in [9.17, 15) is 4.79 Å². The number of carbonyl (C=O) groups excluding carboxylic acids is 1. The summed E-state index contributed by atoms with van der Waals surface area (Å²) in [7, 11) is 0. The molecule has 0 radical (unpaired) electrons. The average Bonchev–Trinajstić information content (AvgIpc) is 2.19. The topological polar surface area (TPSA) is 32.3 Å². The Bertz CT molecular complexity index is 202. The first-order valence-corrected chi connectivity index (χ1v) is 6.20. The maximum absolute atomic E-state index is 11.7. The van der Waals surface area contributed by atoms with Crippen LogP contribution in [0.2, 0.25) is 0 Å². The molecule has 0 saturated heterocycles. The molecule has 0 aromatic heterocycles. The molecule has 1 rings (SSSR count). The van der Waals surface area contributed by atoms with Gasteiger partial charge >= 0.3 is 6.03 Å². The lowest BCUT2D eigenvalue weighted by Crippen LogP contribution is -2.46. The molecule has 0 bridgehead atoms. The van der Waals surface area contributed by atoms with Gasteiger partial charge in [-0.05, 0) is 38.5 Å². The van der Waals surface area contributed by atoms with Crippen LogP contribution in [0.4, 0.5) is 4.79 Å². The van der Waals surface area contributed by atoms with E-state index < -0.39 is 0 Å².